The number of amides is 3. The Morgan fingerprint density at radius 2 is 1.57 bits per heavy atom. The number of rotatable bonds is 18. The first-order valence-electron chi connectivity index (χ1n) is 14.9. The minimum absolute atomic E-state index is 0.0435. The van der Waals surface area contributed by atoms with Gasteiger partial charge in [0.05, 0.1) is 4.90 Å². The van der Waals surface area contributed by atoms with Gasteiger partial charge in [-0.2, -0.15) is 0 Å². The first-order valence-corrected chi connectivity index (χ1v) is 16.4. The maximum absolute atomic E-state index is 13.4. The summed E-state index contributed by atoms with van der Waals surface area (Å²) in [6.07, 6.45) is -0.346. The Kier molecular flexibility index (Phi) is 14.0. The number of nitrogen functional groups attached to an aromatic ring is 1. The number of benzene rings is 3. The third-order valence-corrected chi connectivity index (χ3v) is 8.39. The van der Waals surface area contributed by atoms with Crippen LogP contribution in [-0.2, 0) is 48.7 Å². The van der Waals surface area contributed by atoms with Gasteiger partial charge in [-0.25, -0.2) is 22.3 Å². The van der Waals surface area contributed by atoms with Gasteiger partial charge in [0.15, 0.2) is 0 Å². The number of hydrogen-bond acceptors (Lipinski definition) is 8. The molecule has 0 saturated heterocycles. The lowest BCUT2D eigenvalue weighted by atomic mass is 10.0. The number of aliphatic carboxylic acids is 1. The highest BCUT2D eigenvalue weighted by atomic mass is 32.2. The topological polar surface area (TPSA) is 230 Å². The lowest BCUT2D eigenvalue weighted by Gasteiger charge is -2.23. The number of nitrogens with two attached hydrogens (primary N) is 1. The second-order valence-electron chi connectivity index (χ2n) is 10.7. The molecule has 0 aliphatic carbocycles. The zero-order chi connectivity index (χ0) is 36.0. The van der Waals surface area contributed by atoms with E-state index in [1.807, 2.05) is 0 Å². The number of hydrogen-bond donors (Lipinski definition) is 7. The fraction of sp³-hybridized carbons (Fsp3) is 0.242. The Morgan fingerprint density at radius 1 is 0.918 bits per heavy atom. The van der Waals surface area contributed by atoms with Crippen LogP contribution in [0.25, 0.3) is 0 Å². The van der Waals surface area contributed by atoms with Gasteiger partial charge in [0.25, 0.3) is 0 Å². The van der Waals surface area contributed by atoms with Gasteiger partial charge in [0, 0.05) is 31.5 Å². The molecular weight excluding hydrogens is 659 g/mol. The van der Waals surface area contributed by atoms with Crippen LogP contribution in [0.4, 0.5) is 9.18 Å². The number of carbonyl (C=O) groups excluding carboxylic acids is 3. The SMILES string of the molecule is C=CCOC(=O)N[C@@H](Cc1ccc(C(=N)N)cc1)C(=O)N[C@@H](CCC(=O)O)C(=O)NCc1cccc(CNS(=O)(=O)c2ccc(F)cc2)c1. The third-order valence-electron chi connectivity index (χ3n) is 6.97. The van der Waals surface area contributed by atoms with Crippen LogP contribution in [-0.4, -0.2) is 61.9 Å². The van der Waals surface area contributed by atoms with Gasteiger partial charge in [-0.3, -0.25) is 19.8 Å². The molecule has 8 N–H and O–H groups in total. The van der Waals surface area contributed by atoms with Crippen molar-refractivity contribution in [2.24, 2.45) is 5.73 Å². The van der Waals surface area contributed by atoms with E-state index >= 15 is 0 Å². The van der Waals surface area contributed by atoms with Crippen LogP contribution in [0.3, 0.4) is 0 Å². The fourth-order valence-corrected chi connectivity index (χ4v) is 5.45. The highest BCUT2D eigenvalue weighted by molar-refractivity contribution is 7.89. The van der Waals surface area contributed by atoms with Crippen molar-refractivity contribution in [3.05, 3.63) is 114 Å². The normalized spacial score (nSPS) is 12.2. The van der Waals surface area contributed by atoms with Crippen molar-refractivity contribution in [1.29, 1.82) is 5.41 Å². The summed E-state index contributed by atoms with van der Waals surface area (Å²) >= 11 is 0. The van der Waals surface area contributed by atoms with Crippen LogP contribution in [0.5, 0.6) is 0 Å². The molecule has 3 amide bonds. The number of alkyl carbamates (subject to hydrolysis) is 1. The van der Waals surface area contributed by atoms with Gasteiger partial charge in [-0.1, -0.05) is 61.2 Å². The highest BCUT2D eigenvalue weighted by Crippen LogP contribution is 2.13. The van der Waals surface area contributed by atoms with Gasteiger partial charge in [-0.15, -0.1) is 0 Å². The number of carbonyl (C=O) groups is 4. The van der Waals surface area contributed by atoms with Gasteiger partial charge >= 0.3 is 12.1 Å². The quantitative estimate of drug-likeness (QED) is 0.0586. The molecule has 16 heteroatoms. The van der Waals surface area contributed by atoms with E-state index in [2.05, 4.69) is 27.3 Å². The largest absolute Gasteiger partial charge is 0.481 e. The van der Waals surface area contributed by atoms with Crippen LogP contribution in [0.15, 0.2) is 90.3 Å². The molecule has 0 spiro atoms. The van der Waals surface area contributed by atoms with Crippen molar-refractivity contribution < 1.29 is 41.8 Å². The molecule has 0 radical (unpaired) electrons. The number of nitrogens with one attached hydrogen (secondary N) is 5. The number of carboxylic acid groups (broad SMARTS) is 1. The van der Waals surface area contributed by atoms with Gasteiger partial charge in [-0.05, 0) is 47.4 Å². The molecule has 3 aromatic rings. The van der Waals surface area contributed by atoms with E-state index in [0.29, 0.717) is 22.3 Å². The predicted octanol–water partition coefficient (Wildman–Crippen LogP) is 2.08. The van der Waals surface area contributed by atoms with Crippen molar-refractivity contribution in [3.63, 3.8) is 0 Å². The smallest absolute Gasteiger partial charge is 0.408 e. The Labute approximate surface area is 282 Å². The van der Waals surface area contributed by atoms with Crippen LogP contribution < -0.4 is 26.4 Å². The molecule has 49 heavy (non-hydrogen) atoms. The first-order chi connectivity index (χ1) is 23.3. The van der Waals surface area contributed by atoms with E-state index in [9.17, 15) is 37.1 Å². The maximum atomic E-state index is 13.4. The van der Waals surface area contributed by atoms with E-state index in [0.717, 1.165) is 24.3 Å². The Balaban J connectivity index is 1.70. The van der Waals surface area contributed by atoms with Crippen LogP contribution in [0.2, 0.25) is 0 Å². The number of halogens is 1. The Morgan fingerprint density at radius 3 is 2.18 bits per heavy atom. The Bertz CT molecular complexity index is 1770. The second-order valence-corrected chi connectivity index (χ2v) is 12.5. The lowest BCUT2D eigenvalue weighted by Crippen LogP contribution is -2.54. The summed E-state index contributed by atoms with van der Waals surface area (Å²) in [5.74, 6) is -3.41. The summed E-state index contributed by atoms with van der Waals surface area (Å²) < 4.78 is 45.7. The minimum Gasteiger partial charge on any atom is -0.481 e. The van der Waals surface area contributed by atoms with Crippen LogP contribution >= 0.6 is 0 Å². The number of sulfonamides is 1. The summed E-state index contributed by atoms with van der Waals surface area (Å²) in [4.78, 5) is 50.2. The molecule has 2 atom stereocenters. The first kappa shape index (κ1) is 37.8. The van der Waals surface area contributed by atoms with E-state index in [-0.39, 0.29) is 43.3 Å². The molecule has 14 nitrogen and oxygen atoms in total. The molecule has 0 bridgehead atoms. The molecule has 0 aliphatic rings. The number of ether oxygens (including phenoxy) is 1. The van der Waals surface area contributed by atoms with Crippen molar-refractivity contribution in [2.45, 2.75) is 49.3 Å². The third kappa shape index (κ3) is 12.5. The standard InChI is InChI=1S/C33H37FN6O8S/c1-2-16-48-33(45)40-28(18-21-6-8-24(9-7-21)30(35)36)32(44)39-27(14-15-29(41)42)31(43)37-19-22-4-3-5-23(17-22)20-38-49(46,47)26-12-10-25(34)11-13-26/h2-13,17,27-28,38H,1,14-16,18-20H2,(H3,35,36)(H,37,43)(H,39,44)(H,40,45)(H,41,42)/t27-,28-/m0/s1. The number of amidine groups is 1. The predicted molar refractivity (Wildman–Crippen MR) is 177 cm³/mol. The minimum atomic E-state index is -3.92. The summed E-state index contributed by atoms with van der Waals surface area (Å²) in [7, 11) is -3.92. The molecule has 0 aliphatic heterocycles. The summed E-state index contributed by atoms with van der Waals surface area (Å²) in [5.41, 5.74) is 7.67. The average molecular weight is 697 g/mol. The molecule has 0 fully saturated rings. The maximum Gasteiger partial charge on any atom is 0.408 e. The molecule has 0 aromatic heterocycles. The molecule has 0 unspecified atom stereocenters. The van der Waals surface area contributed by atoms with Crippen molar-refractivity contribution in [1.82, 2.24) is 20.7 Å². The molecular formula is C33H37FN6O8S. The molecule has 3 aromatic carbocycles. The number of carboxylic acids is 1. The zero-order valence-corrected chi connectivity index (χ0v) is 27.1. The zero-order valence-electron chi connectivity index (χ0n) is 26.3. The molecule has 0 heterocycles. The summed E-state index contributed by atoms with van der Waals surface area (Å²) in [6.45, 7) is 3.19. The molecule has 0 saturated carbocycles. The monoisotopic (exact) mass is 696 g/mol. The second kappa shape index (κ2) is 18.1. The fourth-order valence-electron chi connectivity index (χ4n) is 4.43. The van der Waals surface area contributed by atoms with Crippen molar-refractivity contribution >= 4 is 39.7 Å². The van der Waals surface area contributed by atoms with E-state index < -0.39 is 58.2 Å². The molecule has 260 valence electrons. The van der Waals surface area contributed by atoms with Gasteiger partial charge < -0.3 is 31.5 Å². The Hall–Kier alpha value is -5.61. The van der Waals surface area contributed by atoms with Crippen molar-refractivity contribution in [2.75, 3.05) is 6.61 Å². The highest BCUT2D eigenvalue weighted by Gasteiger charge is 2.28. The van der Waals surface area contributed by atoms with E-state index in [4.69, 9.17) is 15.9 Å². The summed E-state index contributed by atoms with van der Waals surface area (Å²) in [6, 6.07) is 14.8. The van der Waals surface area contributed by atoms with E-state index in [1.54, 1.807) is 48.5 Å². The van der Waals surface area contributed by atoms with Crippen LogP contribution in [0.1, 0.15) is 35.1 Å². The van der Waals surface area contributed by atoms with Gasteiger partial charge in [0.1, 0.15) is 30.3 Å². The van der Waals surface area contributed by atoms with Crippen LogP contribution in [0, 0.1) is 11.2 Å². The van der Waals surface area contributed by atoms with Crippen molar-refractivity contribution in [3.8, 4) is 0 Å². The average Bonchev–Trinajstić information content (AvgIpc) is 3.07. The van der Waals surface area contributed by atoms with Gasteiger partial charge in [0.2, 0.25) is 21.8 Å². The summed E-state index contributed by atoms with van der Waals surface area (Å²) in [5, 5.41) is 24.4. The lowest BCUT2D eigenvalue weighted by molar-refractivity contribution is -0.138. The molecule has 3 rings (SSSR count). The van der Waals surface area contributed by atoms with E-state index in [1.165, 1.54) is 6.08 Å².